The van der Waals surface area contributed by atoms with Crippen molar-refractivity contribution in [2.75, 3.05) is 4.72 Å². The third-order valence-corrected chi connectivity index (χ3v) is 4.81. The second-order valence-electron chi connectivity index (χ2n) is 3.66. The zero-order chi connectivity index (χ0) is 14.0. The fourth-order valence-corrected chi connectivity index (χ4v) is 3.47. The van der Waals surface area contributed by atoms with Crippen LogP contribution in [0.4, 0.5) is 5.13 Å². The Hall–Kier alpha value is -1.93. The molecule has 100 valence electrons. The Balaban J connectivity index is 2.31. The minimum absolute atomic E-state index is 0.0192. The van der Waals surface area contributed by atoms with Crippen molar-refractivity contribution in [2.24, 2.45) is 0 Å². The largest absolute Gasteiger partial charge is 0.477 e. The minimum atomic E-state index is -3.74. The first-order valence-corrected chi connectivity index (χ1v) is 7.49. The maximum Gasteiger partial charge on any atom is 0.347 e. The maximum absolute atomic E-state index is 12.0. The molecule has 0 unspecified atom stereocenters. The number of sulfonamides is 1. The number of hydrogen-bond donors (Lipinski definition) is 2. The Bertz CT molecular complexity index is 708. The number of hydrogen-bond acceptors (Lipinski definition) is 5. The molecule has 2 rings (SSSR count). The molecular formula is C11H10N2O4S2. The van der Waals surface area contributed by atoms with Gasteiger partial charge in [0.15, 0.2) is 5.13 Å². The van der Waals surface area contributed by atoms with E-state index in [1.54, 1.807) is 18.2 Å². The molecule has 0 fully saturated rings. The third-order valence-electron chi connectivity index (χ3n) is 2.27. The molecule has 0 amide bonds. The van der Waals surface area contributed by atoms with Gasteiger partial charge in [-0.05, 0) is 19.1 Å². The van der Waals surface area contributed by atoms with Gasteiger partial charge in [-0.3, -0.25) is 4.72 Å². The van der Waals surface area contributed by atoms with E-state index in [9.17, 15) is 13.2 Å². The fourth-order valence-electron chi connectivity index (χ4n) is 1.41. The van der Waals surface area contributed by atoms with Crippen molar-refractivity contribution in [2.45, 2.75) is 11.8 Å². The predicted octanol–water partition coefficient (Wildman–Crippen LogP) is 1.95. The first-order valence-electron chi connectivity index (χ1n) is 5.19. The van der Waals surface area contributed by atoms with Crippen molar-refractivity contribution in [3.63, 3.8) is 0 Å². The van der Waals surface area contributed by atoms with Crippen LogP contribution >= 0.6 is 11.3 Å². The summed E-state index contributed by atoms with van der Waals surface area (Å²) >= 11 is 0.788. The molecule has 2 aromatic rings. The summed E-state index contributed by atoms with van der Waals surface area (Å²) in [7, 11) is -3.74. The van der Waals surface area contributed by atoms with Crippen LogP contribution in [0.2, 0.25) is 0 Å². The summed E-state index contributed by atoms with van der Waals surface area (Å²) in [5, 5.41) is 8.93. The molecule has 0 spiro atoms. The number of carboxylic acids is 1. The Morgan fingerprint density at radius 2 is 1.95 bits per heavy atom. The van der Waals surface area contributed by atoms with Crippen molar-refractivity contribution in [3.8, 4) is 0 Å². The molecule has 0 radical (unpaired) electrons. The van der Waals surface area contributed by atoms with E-state index in [0.717, 1.165) is 11.3 Å². The van der Waals surface area contributed by atoms with Crippen LogP contribution in [-0.4, -0.2) is 24.5 Å². The molecule has 0 saturated heterocycles. The van der Waals surface area contributed by atoms with E-state index in [4.69, 9.17) is 5.11 Å². The number of aryl methyl sites for hydroxylation is 1. The van der Waals surface area contributed by atoms with Gasteiger partial charge in [-0.15, -0.1) is 0 Å². The van der Waals surface area contributed by atoms with Crippen molar-refractivity contribution >= 4 is 32.5 Å². The number of nitrogens with zero attached hydrogens (tertiary/aromatic N) is 1. The van der Waals surface area contributed by atoms with E-state index < -0.39 is 16.0 Å². The van der Waals surface area contributed by atoms with Gasteiger partial charge in [0.1, 0.15) is 4.88 Å². The van der Waals surface area contributed by atoms with E-state index in [1.807, 2.05) is 0 Å². The normalized spacial score (nSPS) is 11.2. The first-order chi connectivity index (χ1) is 8.90. The molecule has 1 heterocycles. The molecule has 19 heavy (non-hydrogen) atoms. The van der Waals surface area contributed by atoms with Gasteiger partial charge in [-0.1, -0.05) is 29.5 Å². The summed E-state index contributed by atoms with van der Waals surface area (Å²) in [6, 6.07) is 7.80. The zero-order valence-electron chi connectivity index (χ0n) is 9.82. The smallest absolute Gasteiger partial charge is 0.347 e. The van der Waals surface area contributed by atoms with Crippen LogP contribution in [0.5, 0.6) is 0 Å². The lowest BCUT2D eigenvalue weighted by atomic mass is 10.4. The quantitative estimate of drug-likeness (QED) is 0.899. The van der Waals surface area contributed by atoms with Gasteiger partial charge in [-0.25, -0.2) is 18.2 Å². The molecule has 6 nitrogen and oxygen atoms in total. The summed E-state index contributed by atoms with van der Waals surface area (Å²) in [6.07, 6.45) is 0. The Labute approximate surface area is 113 Å². The highest BCUT2D eigenvalue weighted by Gasteiger charge is 2.19. The van der Waals surface area contributed by atoms with Crippen molar-refractivity contribution in [1.29, 1.82) is 0 Å². The maximum atomic E-state index is 12.0. The molecule has 8 heteroatoms. The fraction of sp³-hybridized carbons (Fsp3) is 0.0909. The van der Waals surface area contributed by atoms with Gasteiger partial charge in [0.25, 0.3) is 10.0 Å². The standard InChI is InChI=1S/C11H10N2O4S2/c1-7-9(10(14)15)18-11(12-7)13-19(16,17)8-5-3-2-4-6-8/h2-6H,1H3,(H,12,13)(H,14,15). The van der Waals surface area contributed by atoms with Gasteiger partial charge >= 0.3 is 5.97 Å². The number of aromatic carboxylic acids is 1. The van der Waals surface area contributed by atoms with Gasteiger partial charge < -0.3 is 5.11 Å². The number of carbonyl (C=O) groups is 1. The monoisotopic (exact) mass is 298 g/mol. The Morgan fingerprint density at radius 1 is 1.32 bits per heavy atom. The molecular weight excluding hydrogens is 288 g/mol. The number of anilines is 1. The summed E-state index contributed by atoms with van der Waals surface area (Å²) in [4.78, 5) is 14.9. The van der Waals surface area contributed by atoms with E-state index >= 15 is 0 Å². The topological polar surface area (TPSA) is 96.4 Å². The number of benzene rings is 1. The van der Waals surface area contributed by atoms with Gasteiger partial charge in [0.2, 0.25) is 0 Å². The Morgan fingerprint density at radius 3 is 2.47 bits per heavy atom. The van der Waals surface area contributed by atoms with E-state index in [2.05, 4.69) is 9.71 Å². The predicted molar refractivity (Wildman–Crippen MR) is 71.1 cm³/mol. The van der Waals surface area contributed by atoms with Crippen LogP contribution in [0.1, 0.15) is 15.4 Å². The first kappa shape index (κ1) is 13.5. The van der Waals surface area contributed by atoms with Crippen LogP contribution in [0, 0.1) is 6.92 Å². The Kier molecular flexibility index (Phi) is 3.54. The third kappa shape index (κ3) is 2.91. The summed E-state index contributed by atoms with van der Waals surface area (Å²) in [5.41, 5.74) is 0.281. The zero-order valence-corrected chi connectivity index (χ0v) is 11.5. The van der Waals surface area contributed by atoms with Crippen LogP contribution in [0.25, 0.3) is 0 Å². The lowest BCUT2D eigenvalue weighted by molar-refractivity contribution is 0.0701. The van der Waals surface area contributed by atoms with Gasteiger partial charge in [0, 0.05) is 0 Å². The highest BCUT2D eigenvalue weighted by atomic mass is 32.2. The van der Waals surface area contributed by atoms with E-state index in [0.29, 0.717) is 0 Å². The summed E-state index contributed by atoms with van der Waals surface area (Å²) in [6.45, 7) is 1.51. The van der Waals surface area contributed by atoms with Crippen molar-refractivity contribution < 1.29 is 18.3 Å². The molecule has 0 saturated carbocycles. The number of aromatic nitrogens is 1. The molecule has 0 atom stereocenters. The van der Waals surface area contributed by atoms with E-state index in [1.165, 1.54) is 19.1 Å². The molecule has 2 N–H and O–H groups in total. The van der Waals surface area contributed by atoms with Crippen LogP contribution in [0.3, 0.4) is 0 Å². The molecule has 1 aromatic heterocycles. The van der Waals surface area contributed by atoms with Gasteiger partial charge in [-0.2, -0.15) is 0 Å². The molecule has 0 bridgehead atoms. The van der Waals surface area contributed by atoms with Crippen molar-refractivity contribution in [1.82, 2.24) is 4.98 Å². The number of thiazole rings is 1. The molecule has 0 aliphatic rings. The average molecular weight is 298 g/mol. The SMILES string of the molecule is Cc1nc(NS(=O)(=O)c2ccccc2)sc1C(=O)O. The van der Waals surface area contributed by atoms with Crippen LogP contribution in [0.15, 0.2) is 35.2 Å². The number of nitrogens with one attached hydrogen (secondary N) is 1. The van der Waals surface area contributed by atoms with Crippen LogP contribution < -0.4 is 4.72 Å². The summed E-state index contributed by atoms with van der Waals surface area (Å²) < 4.78 is 26.3. The summed E-state index contributed by atoms with van der Waals surface area (Å²) in [5.74, 6) is -1.12. The van der Waals surface area contributed by atoms with Crippen molar-refractivity contribution in [3.05, 3.63) is 40.9 Å². The molecule has 0 aliphatic heterocycles. The average Bonchev–Trinajstić information content (AvgIpc) is 2.71. The highest BCUT2D eigenvalue weighted by molar-refractivity contribution is 7.93. The lowest BCUT2D eigenvalue weighted by Gasteiger charge is -2.03. The number of carboxylic acid groups (broad SMARTS) is 1. The van der Waals surface area contributed by atoms with Gasteiger partial charge in [0.05, 0.1) is 10.6 Å². The van der Waals surface area contributed by atoms with E-state index in [-0.39, 0.29) is 20.6 Å². The minimum Gasteiger partial charge on any atom is -0.477 e. The number of rotatable bonds is 4. The second-order valence-corrected chi connectivity index (χ2v) is 6.34. The molecule has 0 aliphatic carbocycles. The van der Waals surface area contributed by atoms with Crippen LogP contribution in [-0.2, 0) is 10.0 Å². The lowest BCUT2D eigenvalue weighted by Crippen LogP contribution is -2.12. The highest BCUT2D eigenvalue weighted by Crippen LogP contribution is 2.24. The second kappa shape index (κ2) is 4.98. The molecule has 1 aromatic carbocycles.